The van der Waals surface area contributed by atoms with Crippen molar-refractivity contribution in [3.63, 3.8) is 0 Å². The number of para-hydroxylation sites is 1. The molecule has 0 amide bonds. The van der Waals surface area contributed by atoms with Crippen LogP contribution in [-0.2, 0) is 0 Å². The number of fused-ring (bicyclic) bond motifs is 4. The predicted molar refractivity (Wildman–Crippen MR) is 235 cm³/mol. The lowest BCUT2D eigenvalue weighted by molar-refractivity contribution is 1.29. The molecule has 0 saturated carbocycles. The maximum absolute atomic E-state index is 2.43. The van der Waals surface area contributed by atoms with E-state index >= 15 is 0 Å². The lowest BCUT2D eigenvalue weighted by atomic mass is 9.85. The molecule has 0 fully saturated rings. The monoisotopic (exact) mass is 699 g/mol. The van der Waals surface area contributed by atoms with Crippen LogP contribution in [0.5, 0.6) is 0 Å². The average Bonchev–Trinajstić information content (AvgIpc) is 3.27. The summed E-state index contributed by atoms with van der Waals surface area (Å²) in [6, 6.07) is 81.6. The Kier molecular flexibility index (Phi) is 8.24. The summed E-state index contributed by atoms with van der Waals surface area (Å²) in [4.78, 5) is 2.43. The van der Waals surface area contributed by atoms with Gasteiger partial charge in [-0.2, -0.15) is 0 Å². The topological polar surface area (TPSA) is 3.24 Å². The Morgan fingerprint density at radius 1 is 0.255 bits per heavy atom. The Morgan fingerprint density at radius 3 is 1.51 bits per heavy atom. The van der Waals surface area contributed by atoms with Gasteiger partial charge in [-0.25, -0.2) is 0 Å². The summed E-state index contributed by atoms with van der Waals surface area (Å²) in [5.41, 5.74) is 12.9. The summed E-state index contributed by atoms with van der Waals surface area (Å²) in [6.45, 7) is 0. The van der Waals surface area contributed by atoms with Crippen LogP contribution >= 0.6 is 0 Å². The van der Waals surface area contributed by atoms with Gasteiger partial charge >= 0.3 is 0 Å². The molecule has 0 aliphatic rings. The van der Waals surface area contributed by atoms with E-state index in [1.165, 1.54) is 76.8 Å². The zero-order valence-electron chi connectivity index (χ0n) is 30.3. The quantitative estimate of drug-likeness (QED) is 0.150. The van der Waals surface area contributed by atoms with Gasteiger partial charge in [-0.05, 0) is 114 Å². The fourth-order valence-corrected chi connectivity index (χ4v) is 8.18. The van der Waals surface area contributed by atoms with Gasteiger partial charge in [0.2, 0.25) is 0 Å². The first-order valence-corrected chi connectivity index (χ1v) is 18.9. The Hall–Kier alpha value is -7.22. The van der Waals surface area contributed by atoms with Crippen LogP contribution in [0.1, 0.15) is 0 Å². The number of anilines is 3. The highest BCUT2D eigenvalue weighted by molar-refractivity contribution is 6.10. The predicted octanol–water partition coefficient (Wildman–Crippen LogP) is 15.3. The second-order valence-electron chi connectivity index (χ2n) is 14.1. The molecule has 10 rings (SSSR count). The molecule has 0 spiro atoms. The zero-order chi connectivity index (χ0) is 36.6. The molecule has 0 saturated heterocycles. The molecule has 0 unspecified atom stereocenters. The lowest BCUT2D eigenvalue weighted by Crippen LogP contribution is -2.12. The van der Waals surface area contributed by atoms with Crippen LogP contribution in [-0.4, -0.2) is 0 Å². The van der Waals surface area contributed by atoms with E-state index in [-0.39, 0.29) is 0 Å². The summed E-state index contributed by atoms with van der Waals surface area (Å²) in [5, 5.41) is 7.43. The molecule has 55 heavy (non-hydrogen) atoms. The van der Waals surface area contributed by atoms with Crippen molar-refractivity contribution >= 4 is 49.4 Å². The zero-order valence-corrected chi connectivity index (χ0v) is 30.3. The molecule has 258 valence electrons. The maximum atomic E-state index is 2.43. The molecular weight excluding hydrogens is 663 g/mol. The largest absolute Gasteiger partial charge is 0.310 e. The minimum atomic E-state index is 1.10. The van der Waals surface area contributed by atoms with Gasteiger partial charge in [0.1, 0.15) is 0 Å². The van der Waals surface area contributed by atoms with Gasteiger partial charge in [-0.3, -0.25) is 0 Å². The average molecular weight is 700 g/mol. The molecule has 0 N–H and O–H groups in total. The SMILES string of the molecule is c1ccc(-c2ccc3cc(N(c4ccccc4)c4ccc(-c5ccc6ccc7ccccc7c6c5)c(-c5ccccc5)c4-c4ccccc4)ccc3c2)cc1. The normalized spacial score (nSPS) is 11.3. The van der Waals surface area contributed by atoms with Crippen LogP contribution in [0.4, 0.5) is 17.1 Å². The first-order chi connectivity index (χ1) is 27.3. The molecule has 10 aromatic carbocycles. The Labute approximate surface area is 322 Å². The third-order valence-electron chi connectivity index (χ3n) is 10.8. The van der Waals surface area contributed by atoms with Crippen LogP contribution in [0, 0.1) is 0 Å². The van der Waals surface area contributed by atoms with Gasteiger partial charge in [0.25, 0.3) is 0 Å². The highest BCUT2D eigenvalue weighted by atomic mass is 15.1. The summed E-state index contributed by atoms with van der Waals surface area (Å²) in [6.07, 6.45) is 0. The summed E-state index contributed by atoms with van der Waals surface area (Å²) in [7, 11) is 0. The molecule has 0 heterocycles. The van der Waals surface area contributed by atoms with Crippen molar-refractivity contribution < 1.29 is 0 Å². The lowest BCUT2D eigenvalue weighted by Gasteiger charge is -2.30. The number of rotatable bonds is 7. The summed E-state index contributed by atoms with van der Waals surface area (Å²) in [5.74, 6) is 0. The van der Waals surface area contributed by atoms with Crippen molar-refractivity contribution in [3.05, 3.63) is 224 Å². The molecular formula is C54H37N. The van der Waals surface area contributed by atoms with Crippen LogP contribution in [0.15, 0.2) is 224 Å². The second-order valence-corrected chi connectivity index (χ2v) is 14.1. The molecule has 0 aromatic heterocycles. The molecule has 0 aliphatic heterocycles. The number of hydrogen-bond acceptors (Lipinski definition) is 1. The van der Waals surface area contributed by atoms with Crippen molar-refractivity contribution in [1.29, 1.82) is 0 Å². The number of nitrogens with zero attached hydrogens (tertiary/aromatic N) is 1. The molecule has 0 radical (unpaired) electrons. The Bertz CT molecular complexity index is 2950. The molecule has 10 aromatic rings. The molecule has 0 aliphatic carbocycles. The second kappa shape index (κ2) is 14.0. The van der Waals surface area contributed by atoms with Crippen LogP contribution in [0.2, 0.25) is 0 Å². The van der Waals surface area contributed by atoms with Gasteiger partial charge in [-0.1, -0.05) is 182 Å². The molecule has 1 heteroatoms. The minimum Gasteiger partial charge on any atom is -0.310 e. The van der Waals surface area contributed by atoms with Gasteiger partial charge in [0.05, 0.1) is 5.69 Å². The van der Waals surface area contributed by atoms with E-state index in [4.69, 9.17) is 0 Å². The Balaban J connectivity index is 1.24. The first kappa shape index (κ1) is 32.4. The molecule has 0 bridgehead atoms. The van der Waals surface area contributed by atoms with Gasteiger partial charge in [0, 0.05) is 16.9 Å². The van der Waals surface area contributed by atoms with E-state index in [1.54, 1.807) is 0 Å². The molecule has 1 nitrogen and oxygen atoms in total. The van der Waals surface area contributed by atoms with E-state index < -0.39 is 0 Å². The fourth-order valence-electron chi connectivity index (χ4n) is 8.18. The van der Waals surface area contributed by atoms with Crippen molar-refractivity contribution in [1.82, 2.24) is 0 Å². The smallest absolute Gasteiger partial charge is 0.0546 e. The Morgan fingerprint density at radius 2 is 0.782 bits per heavy atom. The summed E-state index contributed by atoms with van der Waals surface area (Å²) >= 11 is 0. The van der Waals surface area contributed by atoms with E-state index in [0.29, 0.717) is 0 Å². The summed E-state index contributed by atoms with van der Waals surface area (Å²) < 4.78 is 0. The van der Waals surface area contributed by atoms with E-state index in [1.807, 2.05) is 0 Å². The van der Waals surface area contributed by atoms with Crippen molar-refractivity contribution in [2.75, 3.05) is 4.90 Å². The van der Waals surface area contributed by atoms with Gasteiger partial charge < -0.3 is 4.90 Å². The molecule has 0 atom stereocenters. The van der Waals surface area contributed by atoms with E-state index in [9.17, 15) is 0 Å². The first-order valence-electron chi connectivity index (χ1n) is 18.9. The van der Waals surface area contributed by atoms with Gasteiger partial charge in [-0.15, -0.1) is 0 Å². The van der Waals surface area contributed by atoms with Crippen molar-refractivity contribution in [2.45, 2.75) is 0 Å². The third kappa shape index (κ3) is 6.02. The van der Waals surface area contributed by atoms with Crippen LogP contribution in [0.3, 0.4) is 0 Å². The van der Waals surface area contributed by atoms with Crippen molar-refractivity contribution in [2.24, 2.45) is 0 Å². The van der Waals surface area contributed by atoms with E-state index in [2.05, 4.69) is 229 Å². The van der Waals surface area contributed by atoms with Crippen LogP contribution < -0.4 is 4.90 Å². The minimum absolute atomic E-state index is 1.10. The van der Waals surface area contributed by atoms with E-state index in [0.717, 1.165) is 17.1 Å². The highest BCUT2D eigenvalue weighted by Crippen LogP contribution is 2.49. The number of benzene rings is 10. The van der Waals surface area contributed by atoms with Gasteiger partial charge in [0.15, 0.2) is 0 Å². The standard InChI is InChI=1S/C54H37N/c1-5-15-38(16-6-1)43-28-29-45-36-48(32-31-44(45)35-43)55(47-22-11-4-12-23-47)52-34-33-50(46-30-27-40-26-25-39-17-13-14-24-49(39)51(40)37-46)53(41-18-7-2-8-19-41)54(52)42-20-9-3-10-21-42/h1-37H. The number of hydrogen-bond donors (Lipinski definition) is 0. The fraction of sp³-hybridized carbons (Fsp3) is 0. The highest BCUT2D eigenvalue weighted by Gasteiger charge is 2.24. The third-order valence-corrected chi connectivity index (χ3v) is 10.8. The van der Waals surface area contributed by atoms with Crippen LogP contribution in [0.25, 0.3) is 76.8 Å². The maximum Gasteiger partial charge on any atom is 0.0546 e. The van der Waals surface area contributed by atoms with Crippen molar-refractivity contribution in [3.8, 4) is 44.5 Å².